The van der Waals surface area contributed by atoms with Crippen LogP contribution in [0.25, 0.3) is 0 Å². The molecule has 0 heterocycles. The van der Waals surface area contributed by atoms with Crippen LogP contribution in [0.3, 0.4) is 0 Å². The van der Waals surface area contributed by atoms with E-state index in [1.807, 2.05) is 0 Å². The van der Waals surface area contributed by atoms with Crippen LogP contribution in [0.4, 0.5) is 0 Å². The van der Waals surface area contributed by atoms with Crippen LogP contribution in [0.5, 0.6) is 0 Å². The van der Waals surface area contributed by atoms with Crippen LogP contribution in [0.1, 0.15) is 50.8 Å². The number of nitrogens with zero attached hydrogens (tertiary/aromatic N) is 1. The molecule has 0 aliphatic heterocycles. The van der Waals surface area contributed by atoms with Crippen molar-refractivity contribution in [1.29, 1.82) is 0 Å². The van der Waals surface area contributed by atoms with Crippen molar-refractivity contribution >= 4 is 23.5 Å². The minimum atomic E-state index is 0.168. The highest BCUT2D eigenvalue weighted by Gasteiger charge is 2.40. The Bertz CT molecular complexity index is 1020. The molecule has 0 saturated carbocycles. The second-order valence-corrected chi connectivity index (χ2v) is 7.19. The topological polar surface area (TPSA) is 50.4 Å². The molecule has 126 valence electrons. The number of rotatable bonds is 2. The number of hydrazone groups is 1. The quantitative estimate of drug-likeness (QED) is 0.287. The van der Waals surface area contributed by atoms with Gasteiger partial charge in [0.2, 0.25) is 0 Å². The van der Waals surface area contributed by atoms with Crippen molar-refractivity contribution in [2.75, 3.05) is 0 Å². The molecule has 0 radical (unpaired) electrons. The zero-order valence-corrected chi connectivity index (χ0v) is 14.8. The van der Waals surface area contributed by atoms with Crippen LogP contribution >= 0.6 is 12.2 Å². The Labute approximate surface area is 157 Å². The predicted octanol–water partition coefficient (Wildman–Crippen LogP) is 3.84. The van der Waals surface area contributed by atoms with Crippen molar-refractivity contribution in [3.63, 3.8) is 0 Å². The molecule has 3 nitrogen and oxygen atoms in total. The normalized spacial score (nSPS) is 18.9. The van der Waals surface area contributed by atoms with Crippen LogP contribution in [0, 0.1) is 0 Å². The van der Waals surface area contributed by atoms with E-state index in [-0.39, 0.29) is 11.0 Å². The number of hydrogen-bond acceptors (Lipinski definition) is 2. The first-order valence-corrected chi connectivity index (χ1v) is 9.05. The summed E-state index contributed by atoms with van der Waals surface area (Å²) in [4.78, 5) is 0. The maximum Gasteiger partial charge on any atom is 0.184 e. The summed E-state index contributed by atoms with van der Waals surface area (Å²) >= 11 is 4.79. The molecule has 0 aromatic heterocycles. The number of benzene rings is 3. The van der Waals surface area contributed by atoms with Gasteiger partial charge < -0.3 is 5.73 Å². The van der Waals surface area contributed by atoms with Gasteiger partial charge in [0.05, 0.1) is 6.21 Å². The van der Waals surface area contributed by atoms with E-state index in [1.54, 1.807) is 6.21 Å². The van der Waals surface area contributed by atoms with Gasteiger partial charge in [-0.25, -0.2) is 0 Å². The van der Waals surface area contributed by atoms with Gasteiger partial charge in [0.25, 0.3) is 0 Å². The van der Waals surface area contributed by atoms with E-state index in [0.29, 0.717) is 5.92 Å². The molecule has 2 bridgehead atoms. The number of thiocarbonyl (C=S) groups is 1. The van der Waals surface area contributed by atoms with Gasteiger partial charge in [-0.05, 0) is 57.2 Å². The molecule has 3 aromatic carbocycles. The first-order valence-electron chi connectivity index (χ1n) is 8.64. The highest BCUT2D eigenvalue weighted by Crippen LogP contribution is 2.55. The molecular formula is C22H17N3S. The molecule has 3 N–H and O–H groups in total. The smallest absolute Gasteiger partial charge is 0.184 e. The molecule has 0 amide bonds. The van der Waals surface area contributed by atoms with Gasteiger partial charge in [-0.2, -0.15) is 5.10 Å². The minimum absolute atomic E-state index is 0.168. The van der Waals surface area contributed by atoms with E-state index >= 15 is 0 Å². The summed E-state index contributed by atoms with van der Waals surface area (Å²) in [5.41, 5.74) is 17.5. The van der Waals surface area contributed by atoms with Gasteiger partial charge in [-0.1, -0.05) is 60.7 Å². The van der Waals surface area contributed by atoms with Crippen molar-refractivity contribution in [2.45, 2.75) is 11.8 Å². The molecule has 3 aliphatic carbocycles. The van der Waals surface area contributed by atoms with E-state index in [9.17, 15) is 0 Å². The van der Waals surface area contributed by atoms with Gasteiger partial charge in [0.1, 0.15) is 0 Å². The third-order valence-corrected chi connectivity index (χ3v) is 5.45. The molecule has 0 atom stereocenters. The molecule has 0 fully saturated rings. The highest BCUT2D eigenvalue weighted by atomic mass is 32.1. The molecule has 6 rings (SSSR count). The van der Waals surface area contributed by atoms with E-state index in [4.69, 9.17) is 18.0 Å². The zero-order valence-electron chi connectivity index (χ0n) is 14.0. The number of nitrogens with one attached hydrogen (secondary N) is 1. The van der Waals surface area contributed by atoms with Crippen LogP contribution in [-0.2, 0) is 0 Å². The fourth-order valence-corrected chi connectivity index (χ4v) is 4.49. The Morgan fingerprint density at radius 2 is 1.31 bits per heavy atom. The first-order chi connectivity index (χ1) is 12.7. The number of nitrogens with two attached hydrogens (primary N) is 1. The summed E-state index contributed by atoms with van der Waals surface area (Å²) < 4.78 is 0. The Morgan fingerprint density at radius 3 is 1.85 bits per heavy atom. The van der Waals surface area contributed by atoms with Crippen LogP contribution in [0.15, 0.2) is 71.8 Å². The molecule has 26 heavy (non-hydrogen) atoms. The summed E-state index contributed by atoms with van der Waals surface area (Å²) in [6, 6.07) is 24.2. The maximum absolute atomic E-state index is 5.43. The molecule has 3 aliphatic rings. The van der Waals surface area contributed by atoms with Crippen molar-refractivity contribution in [3.05, 3.63) is 106 Å². The maximum atomic E-state index is 5.43. The lowest BCUT2D eigenvalue weighted by Gasteiger charge is -2.42. The molecule has 4 heteroatoms. The standard InChI is InChI=1S/C22H17N3S/c23-22(26)25-24-12-13-9-10-18-19(11-13)21-16-7-3-1-5-14(16)20(18)15-6-2-4-8-17(15)21/h1-12,20-21H,(H3,23,25,26). The van der Waals surface area contributed by atoms with Gasteiger partial charge in [-0.3, -0.25) is 5.43 Å². The second-order valence-electron chi connectivity index (χ2n) is 6.75. The lowest BCUT2D eigenvalue weighted by atomic mass is 9.61. The lowest BCUT2D eigenvalue weighted by molar-refractivity contribution is 0.754. The fourth-order valence-electron chi connectivity index (χ4n) is 4.44. The summed E-state index contributed by atoms with van der Waals surface area (Å²) in [7, 11) is 0. The lowest BCUT2D eigenvalue weighted by Crippen LogP contribution is -2.27. The fraction of sp³-hybridized carbons (Fsp3) is 0.0909. The molecule has 0 unspecified atom stereocenters. The molecular weight excluding hydrogens is 338 g/mol. The van der Waals surface area contributed by atoms with Gasteiger partial charge in [-0.15, -0.1) is 0 Å². The SMILES string of the molecule is NC(=S)NN=Cc1ccc2c(c1)C1c3ccccc3C2c2ccccc21. The largest absolute Gasteiger partial charge is 0.375 e. The van der Waals surface area contributed by atoms with Crippen molar-refractivity contribution in [2.24, 2.45) is 10.8 Å². The van der Waals surface area contributed by atoms with E-state index in [0.717, 1.165) is 5.56 Å². The molecule has 0 saturated heterocycles. The van der Waals surface area contributed by atoms with E-state index < -0.39 is 0 Å². The second kappa shape index (κ2) is 5.78. The summed E-state index contributed by atoms with van der Waals surface area (Å²) in [5.74, 6) is 0.586. The summed E-state index contributed by atoms with van der Waals surface area (Å²) in [6.07, 6.45) is 1.76. The van der Waals surface area contributed by atoms with Gasteiger partial charge >= 0.3 is 0 Å². The van der Waals surface area contributed by atoms with Crippen LogP contribution in [-0.4, -0.2) is 11.3 Å². The van der Waals surface area contributed by atoms with Crippen LogP contribution < -0.4 is 11.2 Å². The Kier molecular flexibility index (Phi) is 3.40. The Balaban J connectivity index is 1.67. The van der Waals surface area contributed by atoms with Crippen molar-refractivity contribution in [1.82, 2.24) is 5.43 Å². The Hall–Kier alpha value is -2.98. The number of hydrogen-bond donors (Lipinski definition) is 2. The molecule has 0 spiro atoms. The molecule has 3 aromatic rings. The van der Waals surface area contributed by atoms with Crippen molar-refractivity contribution < 1.29 is 0 Å². The van der Waals surface area contributed by atoms with E-state index in [1.165, 1.54) is 33.4 Å². The summed E-state index contributed by atoms with van der Waals surface area (Å²) in [5, 5.41) is 4.27. The zero-order chi connectivity index (χ0) is 17.7. The van der Waals surface area contributed by atoms with Crippen molar-refractivity contribution in [3.8, 4) is 0 Å². The Morgan fingerprint density at radius 1 is 0.808 bits per heavy atom. The van der Waals surface area contributed by atoms with Gasteiger partial charge in [0, 0.05) is 11.8 Å². The predicted molar refractivity (Wildman–Crippen MR) is 109 cm³/mol. The minimum Gasteiger partial charge on any atom is -0.375 e. The average Bonchev–Trinajstić information content (AvgIpc) is 2.67. The third kappa shape index (κ3) is 2.19. The highest BCUT2D eigenvalue weighted by molar-refractivity contribution is 7.80. The van der Waals surface area contributed by atoms with Crippen LogP contribution in [0.2, 0.25) is 0 Å². The summed E-state index contributed by atoms with van der Waals surface area (Å²) in [6.45, 7) is 0. The average molecular weight is 355 g/mol. The first kappa shape index (κ1) is 15.3. The van der Waals surface area contributed by atoms with Gasteiger partial charge in [0.15, 0.2) is 5.11 Å². The van der Waals surface area contributed by atoms with E-state index in [2.05, 4.69) is 77.3 Å². The monoisotopic (exact) mass is 355 g/mol. The third-order valence-electron chi connectivity index (χ3n) is 5.36.